The average molecular weight is 195 g/mol. The van der Waals surface area contributed by atoms with E-state index in [1.165, 1.54) is 32.1 Å². The number of carbonyl (C=O) groups is 1. The Morgan fingerprint density at radius 2 is 1.64 bits per heavy atom. The van der Waals surface area contributed by atoms with Crippen LogP contribution in [0.3, 0.4) is 0 Å². The fourth-order valence-corrected chi connectivity index (χ4v) is 2.77. The van der Waals surface area contributed by atoms with Crippen molar-refractivity contribution in [3.05, 3.63) is 0 Å². The van der Waals surface area contributed by atoms with E-state index in [4.69, 9.17) is 0 Å². The first-order valence-corrected chi connectivity index (χ1v) is 6.15. The standard InChI is InChI=1S/C12H21NO/c14-12(10-6-3-4-7-10)11-8-2-1-5-9-13-11/h10-11,13H,1-9H2. The van der Waals surface area contributed by atoms with E-state index in [-0.39, 0.29) is 6.04 Å². The summed E-state index contributed by atoms with van der Waals surface area (Å²) < 4.78 is 0. The predicted octanol–water partition coefficient (Wildman–Crippen LogP) is 2.28. The van der Waals surface area contributed by atoms with Gasteiger partial charge in [0.15, 0.2) is 5.78 Å². The highest BCUT2D eigenvalue weighted by atomic mass is 16.1. The number of Topliss-reactive ketones (excluding diaryl/α,β-unsaturated/α-hetero) is 1. The first-order chi connectivity index (χ1) is 6.88. The highest BCUT2D eigenvalue weighted by Crippen LogP contribution is 2.27. The zero-order valence-electron chi connectivity index (χ0n) is 8.93. The summed E-state index contributed by atoms with van der Waals surface area (Å²) in [6.45, 7) is 1.04. The van der Waals surface area contributed by atoms with Gasteiger partial charge < -0.3 is 5.32 Å². The molecule has 0 amide bonds. The normalized spacial score (nSPS) is 30.1. The van der Waals surface area contributed by atoms with Crippen LogP contribution in [0.4, 0.5) is 0 Å². The van der Waals surface area contributed by atoms with Crippen LogP contribution in [0.2, 0.25) is 0 Å². The molecular weight excluding hydrogens is 174 g/mol. The second kappa shape index (κ2) is 4.92. The van der Waals surface area contributed by atoms with Crippen molar-refractivity contribution in [3.63, 3.8) is 0 Å². The van der Waals surface area contributed by atoms with Crippen molar-refractivity contribution in [2.75, 3.05) is 6.54 Å². The van der Waals surface area contributed by atoms with Crippen LogP contribution < -0.4 is 5.32 Å². The Morgan fingerprint density at radius 1 is 0.929 bits per heavy atom. The fourth-order valence-electron chi connectivity index (χ4n) is 2.77. The summed E-state index contributed by atoms with van der Waals surface area (Å²) in [6, 6.07) is 0.195. The highest BCUT2D eigenvalue weighted by Gasteiger charge is 2.29. The Hall–Kier alpha value is -0.370. The maximum atomic E-state index is 12.1. The van der Waals surface area contributed by atoms with E-state index in [0.29, 0.717) is 11.7 Å². The molecule has 1 atom stereocenters. The average Bonchev–Trinajstić information content (AvgIpc) is 2.59. The summed E-state index contributed by atoms with van der Waals surface area (Å²) in [6.07, 6.45) is 9.68. The minimum absolute atomic E-state index is 0.195. The summed E-state index contributed by atoms with van der Waals surface area (Å²) >= 11 is 0. The zero-order chi connectivity index (χ0) is 9.80. The monoisotopic (exact) mass is 195 g/mol. The van der Waals surface area contributed by atoms with Gasteiger partial charge in [0.1, 0.15) is 0 Å². The van der Waals surface area contributed by atoms with Gasteiger partial charge in [-0.15, -0.1) is 0 Å². The number of hydrogen-bond acceptors (Lipinski definition) is 2. The van der Waals surface area contributed by atoms with Crippen molar-refractivity contribution in [1.29, 1.82) is 0 Å². The third-order valence-electron chi connectivity index (χ3n) is 3.66. The molecule has 0 aromatic heterocycles. The minimum atomic E-state index is 0.195. The fraction of sp³-hybridized carbons (Fsp3) is 0.917. The largest absolute Gasteiger partial charge is 0.307 e. The molecule has 14 heavy (non-hydrogen) atoms. The lowest BCUT2D eigenvalue weighted by molar-refractivity contribution is -0.124. The number of carbonyl (C=O) groups excluding carboxylic acids is 1. The van der Waals surface area contributed by atoms with Crippen LogP contribution >= 0.6 is 0 Å². The Balaban J connectivity index is 1.88. The van der Waals surface area contributed by atoms with Gasteiger partial charge in [0, 0.05) is 5.92 Å². The van der Waals surface area contributed by atoms with Crippen LogP contribution in [-0.2, 0) is 4.79 Å². The molecule has 2 fully saturated rings. The summed E-state index contributed by atoms with van der Waals surface area (Å²) in [7, 11) is 0. The van der Waals surface area contributed by atoms with Crippen LogP contribution in [0.1, 0.15) is 51.4 Å². The third-order valence-corrected chi connectivity index (χ3v) is 3.66. The maximum absolute atomic E-state index is 12.1. The lowest BCUT2D eigenvalue weighted by Crippen LogP contribution is -2.39. The van der Waals surface area contributed by atoms with Crippen molar-refractivity contribution < 1.29 is 4.79 Å². The van der Waals surface area contributed by atoms with E-state index in [2.05, 4.69) is 5.32 Å². The summed E-state index contributed by atoms with van der Waals surface area (Å²) in [4.78, 5) is 12.1. The van der Waals surface area contributed by atoms with Crippen molar-refractivity contribution in [3.8, 4) is 0 Å². The minimum Gasteiger partial charge on any atom is -0.307 e. The SMILES string of the molecule is O=C(C1CCCC1)C1CCCCCN1. The summed E-state index contributed by atoms with van der Waals surface area (Å²) in [5, 5.41) is 3.41. The molecule has 1 aliphatic carbocycles. The van der Waals surface area contributed by atoms with Gasteiger partial charge in [-0.1, -0.05) is 25.7 Å². The molecule has 0 radical (unpaired) electrons. The van der Waals surface area contributed by atoms with E-state index in [9.17, 15) is 4.79 Å². The Labute approximate surface area is 86.5 Å². The van der Waals surface area contributed by atoms with E-state index < -0.39 is 0 Å². The zero-order valence-corrected chi connectivity index (χ0v) is 8.93. The summed E-state index contributed by atoms with van der Waals surface area (Å²) in [5.41, 5.74) is 0. The molecule has 2 aliphatic rings. The lowest BCUT2D eigenvalue weighted by atomic mass is 9.94. The molecule has 0 spiro atoms. The van der Waals surface area contributed by atoms with Crippen molar-refractivity contribution in [1.82, 2.24) is 5.32 Å². The van der Waals surface area contributed by atoms with Gasteiger partial charge in [0.2, 0.25) is 0 Å². The van der Waals surface area contributed by atoms with Crippen molar-refractivity contribution in [2.45, 2.75) is 57.4 Å². The van der Waals surface area contributed by atoms with E-state index in [1.807, 2.05) is 0 Å². The van der Waals surface area contributed by atoms with Crippen LogP contribution in [0.25, 0.3) is 0 Å². The van der Waals surface area contributed by atoms with Crippen molar-refractivity contribution in [2.24, 2.45) is 5.92 Å². The van der Waals surface area contributed by atoms with Gasteiger partial charge in [0.05, 0.1) is 6.04 Å². The molecule has 1 N–H and O–H groups in total. The van der Waals surface area contributed by atoms with Gasteiger partial charge in [0.25, 0.3) is 0 Å². The smallest absolute Gasteiger partial charge is 0.152 e. The molecule has 2 heteroatoms. The van der Waals surface area contributed by atoms with Gasteiger partial charge in [-0.2, -0.15) is 0 Å². The van der Waals surface area contributed by atoms with Crippen LogP contribution in [0.5, 0.6) is 0 Å². The van der Waals surface area contributed by atoms with Gasteiger partial charge in [-0.25, -0.2) is 0 Å². The Bertz CT molecular complexity index is 188. The molecule has 0 aromatic rings. The molecule has 1 heterocycles. The maximum Gasteiger partial charge on any atom is 0.152 e. The van der Waals surface area contributed by atoms with Crippen LogP contribution in [0, 0.1) is 5.92 Å². The summed E-state index contributed by atoms with van der Waals surface area (Å²) in [5.74, 6) is 0.912. The molecule has 1 unspecified atom stereocenters. The Kier molecular flexibility index (Phi) is 3.57. The first kappa shape index (κ1) is 10.2. The van der Waals surface area contributed by atoms with Crippen LogP contribution in [-0.4, -0.2) is 18.4 Å². The second-order valence-electron chi connectivity index (χ2n) is 4.74. The second-order valence-corrected chi connectivity index (χ2v) is 4.74. The topological polar surface area (TPSA) is 29.1 Å². The van der Waals surface area contributed by atoms with Gasteiger partial charge >= 0.3 is 0 Å². The molecule has 80 valence electrons. The molecule has 2 rings (SSSR count). The highest BCUT2D eigenvalue weighted by molar-refractivity contribution is 5.86. The number of rotatable bonds is 2. The van der Waals surface area contributed by atoms with E-state index in [0.717, 1.165) is 25.8 Å². The molecule has 1 saturated heterocycles. The number of ketones is 1. The van der Waals surface area contributed by atoms with Gasteiger partial charge in [-0.05, 0) is 32.2 Å². The molecule has 2 nitrogen and oxygen atoms in total. The van der Waals surface area contributed by atoms with E-state index in [1.54, 1.807) is 0 Å². The number of hydrogen-bond donors (Lipinski definition) is 1. The van der Waals surface area contributed by atoms with Gasteiger partial charge in [-0.3, -0.25) is 4.79 Å². The Morgan fingerprint density at radius 3 is 2.43 bits per heavy atom. The molecule has 1 saturated carbocycles. The lowest BCUT2D eigenvalue weighted by Gasteiger charge is -2.18. The predicted molar refractivity (Wildman–Crippen MR) is 57.2 cm³/mol. The number of nitrogens with one attached hydrogen (secondary N) is 1. The van der Waals surface area contributed by atoms with Crippen LogP contribution in [0.15, 0.2) is 0 Å². The molecule has 0 aromatic carbocycles. The van der Waals surface area contributed by atoms with Crippen molar-refractivity contribution >= 4 is 5.78 Å². The first-order valence-electron chi connectivity index (χ1n) is 6.15. The molecular formula is C12H21NO. The van der Waals surface area contributed by atoms with E-state index >= 15 is 0 Å². The third kappa shape index (κ3) is 2.35. The molecule has 1 aliphatic heterocycles. The quantitative estimate of drug-likeness (QED) is 0.732. The molecule has 0 bridgehead atoms.